The lowest BCUT2D eigenvalue weighted by molar-refractivity contribution is 0.103. The molecule has 0 aliphatic rings. The Kier molecular flexibility index (Phi) is 3.38. The standard InChI is InChI=1S/C14H10BrFO/c1-9-7-8-11(12(15)13(9)16)14(17)10-5-3-2-4-6-10/h2-8H,1H3. The molecule has 0 spiro atoms. The summed E-state index contributed by atoms with van der Waals surface area (Å²) in [5.74, 6) is -0.567. The van der Waals surface area contributed by atoms with Gasteiger partial charge in [-0.05, 0) is 34.5 Å². The number of ketones is 1. The number of benzene rings is 2. The molecule has 0 saturated carbocycles. The van der Waals surface area contributed by atoms with Crippen LogP contribution in [0.4, 0.5) is 4.39 Å². The summed E-state index contributed by atoms with van der Waals surface area (Å²) in [6, 6.07) is 12.1. The third-order valence-corrected chi connectivity index (χ3v) is 3.33. The summed E-state index contributed by atoms with van der Waals surface area (Å²) >= 11 is 3.13. The SMILES string of the molecule is Cc1ccc(C(=O)c2ccccc2)c(Br)c1F. The van der Waals surface area contributed by atoms with Crippen molar-refractivity contribution in [2.45, 2.75) is 6.92 Å². The Bertz CT molecular complexity index is 564. The van der Waals surface area contributed by atoms with E-state index >= 15 is 0 Å². The smallest absolute Gasteiger partial charge is 0.194 e. The van der Waals surface area contributed by atoms with E-state index in [0.29, 0.717) is 16.7 Å². The van der Waals surface area contributed by atoms with Crippen LogP contribution in [0.3, 0.4) is 0 Å². The quantitative estimate of drug-likeness (QED) is 0.761. The van der Waals surface area contributed by atoms with Crippen LogP contribution in [0.25, 0.3) is 0 Å². The van der Waals surface area contributed by atoms with E-state index < -0.39 is 0 Å². The molecule has 0 radical (unpaired) electrons. The van der Waals surface area contributed by atoms with Gasteiger partial charge in [-0.1, -0.05) is 36.4 Å². The molecule has 17 heavy (non-hydrogen) atoms. The lowest BCUT2D eigenvalue weighted by atomic mass is 10.0. The second-order valence-corrected chi connectivity index (χ2v) is 4.55. The van der Waals surface area contributed by atoms with Crippen molar-refractivity contribution in [2.75, 3.05) is 0 Å². The first-order chi connectivity index (χ1) is 8.11. The molecule has 0 heterocycles. The van der Waals surface area contributed by atoms with Crippen molar-refractivity contribution < 1.29 is 9.18 Å². The lowest BCUT2D eigenvalue weighted by Gasteiger charge is -2.06. The molecule has 1 nitrogen and oxygen atoms in total. The fraction of sp³-hybridized carbons (Fsp3) is 0.0714. The van der Waals surface area contributed by atoms with Gasteiger partial charge in [0.05, 0.1) is 4.47 Å². The maximum absolute atomic E-state index is 13.7. The van der Waals surface area contributed by atoms with E-state index in [4.69, 9.17) is 0 Å². The van der Waals surface area contributed by atoms with Gasteiger partial charge in [-0.2, -0.15) is 0 Å². The van der Waals surface area contributed by atoms with Gasteiger partial charge in [-0.25, -0.2) is 4.39 Å². The molecule has 0 unspecified atom stereocenters. The summed E-state index contributed by atoms with van der Waals surface area (Å²) in [6.45, 7) is 1.66. The van der Waals surface area contributed by atoms with Crippen LogP contribution in [-0.4, -0.2) is 5.78 Å². The van der Waals surface area contributed by atoms with E-state index in [9.17, 15) is 9.18 Å². The molecule has 0 saturated heterocycles. The van der Waals surface area contributed by atoms with Crippen LogP contribution in [0.1, 0.15) is 21.5 Å². The topological polar surface area (TPSA) is 17.1 Å². The van der Waals surface area contributed by atoms with E-state index in [-0.39, 0.29) is 16.1 Å². The number of rotatable bonds is 2. The van der Waals surface area contributed by atoms with Crippen LogP contribution >= 0.6 is 15.9 Å². The molecule has 2 aromatic carbocycles. The van der Waals surface area contributed by atoms with Crippen molar-refractivity contribution in [2.24, 2.45) is 0 Å². The lowest BCUT2D eigenvalue weighted by Crippen LogP contribution is -2.04. The Morgan fingerprint density at radius 3 is 2.41 bits per heavy atom. The highest BCUT2D eigenvalue weighted by Gasteiger charge is 2.16. The number of halogens is 2. The van der Waals surface area contributed by atoms with Crippen LogP contribution in [0.15, 0.2) is 46.9 Å². The number of hydrogen-bond acceptors (Lipinski definition) is 1. The predicted molar refractivity (Wildman–Crippen MR) is 68.7 cm³/mol. The summed E-state index contributed by atoms with van der Waals surface area (Å²) in [4.78, 5) is 12.1. The van der Waals surface area contributed by atoms with E-state index in [0.717, 1.165) is 0 Å². The fourth-order valence-electron chi connectivity index (χ4n) is 1.57. The van der Waals surface area contributed by atoms with E-state index in [1.165, 1.54) is 0 Å². The molecular weight excluding hydrogens is 283 g/mol. The number of aryl methyl sites for hydroxylation is 1. The molecular formula is C14H10BrFO. The Balaban J connectivity index is 2.49. The highest BCUT2D eigenvalue weighted by atomic mass is 79.9. The van der Waals surface area contributed by atoms with Crippen LogP contribution in [-0.2, 0) is 0 Å². The summed E-state index contributed by atoms with van der Waals surface area (Å²) in [5, 5.41) is 0. The van der Waals surface area contributed by atoms with Crippen molar-refractivity contribution in [1.29, 1.82) is 0 Å². The first kappa shape index (κ1) is 12.0. The largest absolute Gasteiger partial charge is 0.289 e. The minimum atomic E-state index is -0.383. The average molecular weight is 293 g/mol. The third-order valence-electron chi connectivity index (χ3n) is 2.56. The van der Waals surface area contributed by atoms with Crippen molar-refractivity contribution in [1.82, 2.24) is 0 Å². The molecule has 3 heteroatoms. The average Bonchev–Trinajstić information content (AvgIpc) is 2.36. The van der Waals surface area contributed by atoms with Gasteiger partial charge < -0.3 is 0 Å². The first-order valence-electron chi connectivity index (χ1n) is 5.15. The molecule has 0 fully saturated rings. The summed E-state index contributed by atoms with van der Waals surface area (Å²) in [5.41, 5.74) is 1.41. The number of carbonyl (C=O) groups is 1. The van der Waals surface area contributed by atoms with Crippen molar-refractivity contribution in [3.05, 3.63) is 69.4 Å². The van der Waals surface area contributed by atoms with Gasteiger partial charge >= 0.3 is 0 Å². The van der Waals surface area contributed by atoms with E-state index in [2.05, 4.69) is 15.9 Å². The van der Waals surface area contributed by atoms with E-state index in [1.54, 1.807) is 43.3 Å². The fourth-order valence-corrected chi connectivity index (χ4v) is 2.19. The number of carbonyl (C=O) groups excluding carboxylic acids is 1. The highest BCUT2D eigenvalue weighted by Crippen LogP contribution is 2.25. The second-order valence-electron chi connectivity index (χ2n) is 3.75. The Labute approximate surface area is 107 Å². The molecule has 86 valence electrons. The zero-order chi connectivity index (χ0) is 12.4. The molecule has 0 amide bonds. The minimum absolute atomic E-state index is 0.184. The molecule has 0 bridgehead atoms. The summed E-state index contributed by atoms with van der Waals surface area (Å²) < 4.78 is 13.9. The normalized spacial score (nSPS) is 10.3. The van der Waals surface area contributed by atoms with Gasteiger partial charge in [0.25, 0.3) is 0 Å². The van der Waals surface area contributed by atoms with Gasteiger partial charge in [0.2, 0.25) is 0 Å². The minimum Gasteiger partial charge on any atom is -0.289 e. The van der Waals surface area contributed by atoms with Crippen LogP contribution < -0.4 is 0 Å². The molecule has 0 aliphatic heterocycles. The van der Waals surface area contributed by atoms with Gasteiger partial charge in [-0.15, -0.1) is 0 Å². The van der Waals surface area contributed by atoms with Gasteiger partial charge in [0.15, 0.2) is 5.78 Å². The highest BCUT2D eigenvalue weighted by molar-refractivity contribution is 9.10. The van der Waals surface area contributed by atoms with Crippen molar-refractivity contribution in [3.63, 3.8) is 0 Å². The third kappa shape index (κ3) is 2.29. The summed E-state index contributed by atoms with van der Waals surface area (Å²) in [6.07, 6.45) is 0. The Morgan fingerprint density at radius 2 is 1.76 bits per heavy atom. The maximum atomic E-state index is 13.7. The molecule has 0 N–H and O–H groups in total. The van der Waals surface area contributed by atoms with Gasteiger partial charge in [0.1, 0.15) is 5.82 Å². The van der Waals surface area contributed by atoms with Crippen molar-refractivity contribution >= 4 is 21.7 Å². The maximum Gasteiger partial charge on any atom is 0.194 e. The number of hydrogen-bond donors (Lipinski definition) is 0. The molecule has 2 rings (SSSR count). The molecule has 0 aliphatic carbocycles. The molecule has 0 atom stereocenters. The van der Waals surface area contributed by atoms with Crippen LogP contribution in [0.2, 0.25) is 0 Å². The van der Waals surface area contributed by atoms with Gasteiger partial charge in [0, 0.05) is 11.1 Å². The Hall–Kier alpha value is -1.48. The summed E-state index contributed by atoms with van der Waals surface area (Å²) in [7, 11) is 0. The monoisotopic (exact) mass is 292 g/mol. The van der Waals surface area contributed by atoms with Crippen LogP contribution in [0, 0.1) is 12.7 Å². The second kappa shape index (κ2) is 4.80. The van der Waals surface area contributed by atoms with Gasteiger partial charge in [-0.3, -0.25) is 4.79 Å². The molecule has 0 aromatic heterocycles. The predicted octanol–water partition coefficient (Wildman–Crippen LogP) is 4.13. The Morgan fingerprint density at radius 1 is 1.12 bits per heavy atom. The van der Waals surface area contributed by atoms with Crippen molar-refractivity contribution in [3.8, 4) is 0 Å². The molecule has 2 aromatic rings. The zero-order valence-electron chi connectivity index (χ0n) is 9.21. The first-order valence-corrected chi connectivity index (χ1v) is 5.95. The van der Waals surface area contributed by atoms with E-state index in [1.807, 2.05) is 6.07 Å². The van der Waals surface area contributed by atoms with Crippen LogP contribution in [0.5, 0.6) is 0 Å². The zero-order valence-corrected chi connectivity index (χ0v) is 10.8.